The van der Waals surface area contributed by atoms with Crippen molar-refractivity contribution < 1.29 is 9.53 Å². The van der Waals surface area contributed by atoms with E-state index in [2.05, 4.69) is 25.4 Å². The maximum Gasteiger partial charge on any atom is 0.266 e. The molecule has 1 amide bonds. The second-order valence-electron chi connectivity index (χ2n) is 5.60. The van der Waals surface area contributed by atoms with Crippen LogP contribution in [0.25, 0.3) is 5.82 Å². The predicted octanol–water partition coefficient (Wildman–Crippen LogP) is 2.08. The summed E-state index contributed by atoms with van der Waals surface area (Å²) in [5.74, 6) is 1.21. The van der Waals surface area contributed by atoms with Gasteiger partial charge in [-0.1, -0.05) is 6.07 Å². The molecule has 0 saturated heterocycles. The van der Waals surface area contributed by atoms with Gasteiger partial charge in [-0.15, -0.1) is 0 Å². The minimum atomic E-state index is -0.674. The van der Waals surface area contributed by atoms with Gasteiger partial charge in [0.1, 0.15) is 30.5 Å². The normalized spacial score (nSPS) is 11.8. The highest BCUT2D eigenvalue weighted by atomic mass is 16.5. The second kappa shape index (κ2) is 7.08. The van der Waals surface area contributed by atoms with Crippen LogP contribution in [0.15, 0.2) is 43.2 Å². The number of hydrogen-bond donors (Lipinski definition) is 1. The van der Waals surface area contributed by atoms with E-state index < -0.39 is 6.10 Å². The van der Waals surface area contributed by atoms with Crippen LogP contribution < -0.4 is 10.1 Å². The molecule has 8 nitrogen and oxygen atoms in total. The van der Waals surface area contributed by atoms with Crippen molar-refractivity contribution in [2.45, 2.75) is 26.9 Å². The van der Waals surface area contributed by atoms with Crippen molar-refractivity contribution in [3.05, 3.63) is 54.4 Å². The fraction of sp³-hybridized carbons (Fsp3) is 0.235. The van der Waals surface area contributed by atoms with Gasteiger partial charge in [-0.3, -0.25) is 4.79 Å². The Morgan fingerprint density at radius 2 is 2.00 bits per heavy atom. The summed E-state index contributed by atoms with van der Waals surface area (Å²) in [4.78, 5) is 24.3. The molecule has 8 heteroatoms. The average molecular weight is 338 g/mol. The first-order valence-electron chi connectivity index (χ1n) is 7.75. The number of benzene rings is 1. The van der Waals surface area contributed by atoms with Crippen molar-refractivity contribution in [1.82, 2.24) is 24.7 Å². The van der Waals surface area contributed by atoms with Crippen LogP contribution in [0.4, 0.5) is 5.82 Å². The van der Waals surface area contributed by atoms with E-state index in [1.807, 2.05) is 32.0 Å². The first kappa shape index (κ1) is 16.6. The SMILES string of the molecule is Cc1ccc(OC(C)C(=O)Nc2cc(-n3cncn3)ncn2)cc1C. The zero-order valence-corrected chi connectivity index (χ0v) is 14.2. The standard InChI is InChI=1S/C17H18N6O2/c1-11-4-5-14(6-12(11)2)25-13(3)17(24)22-15-7-16(20-9-19-15)23-10-18-8-21-23/h4-10,13H,1-3H3,(H,19,20,22,24). The zero-order valence-electron chi connectivity index (χ0n) is 14.2. The predicted molar refractivity (Wildman–Crippen MR) is 91.6 cm³/mol. The first-order chi connectivity index (χ1) is 12.0. The van der Waals surface area contributed by atoms with E-state index in [0.29, 0.717) is 17.4 Å². The van der Waals surface area contributed by atoms with Crippen molar-refractivity contribution in [2.75, 3.05) is 5.32 Å². The Kier molecular flexibility index (Phi) is 4.69. The fourth-order valence-corrected chi connectivity index (χ4v) is 2.14. The number of aryl methyl sites for hydroxylation is 2. The van der Waals surface area contributed by atoms with Crippen LogP contribution in [-0.4, -0.2) is 36.7 Å². The summed E-state index contributed by atoms with van der Waals surface area (Å²) in [7, 11) is 0. The van der Waals surface area contributed by atoms with Gasteiger partial charge in [0.25, 0.3) is 5.91 Å². The fourth-order valence-electron chi connectivity index (χ4n) is 2.14. The lowest BCUT2D eigenvalue weighted by Crippen LogP contribution is -2.30. The molecule has 0 bridgehead atoms. The number of hydrogen-bond acceptors (Lipinski definition) is 6. The Labute approximate surface area is 144 Å². The lowest BCUT2D eigenvalue weighted by Gasteiger charge is -2.15. The number of anilines is 1. The van der Waals surface area contributed by atoms with E-state index in [0.717, 1.165) is 5.56 Å². The number of amides is 1. The Morgan fingerprint density at radius 1 is 1.16 bits per heavy atom. The molecule has 0 aliphatic heterocycles. The van der Waals surface area contributed by atoms with Crippen molar-refractivity contribution in [1.29, 1.82) is 0 Å². The molecule has 2 aromatic heterocycles. The minimum Gasteiger partial charge on any atom is -0.481 e. The molecule has 3 rings (SSSR count). The molecule has 128 valence electrons. The monoisotopic (exact) mass is 338 g/mol. The molecule has 0 radical (unpaired) electrons. The largest absolute Gasteiger partial charge is 0.481 e. The average Bonchev–Trinajstić information content (AvgIpc) is 3.13. The van der Waals surface area contributed by atoms with Gasteiger partial charge in [0.05, 0.1) is 0 Å². The molecule has 0 fully saturated rings. The topological polar surface area (TPSA) is 94.8 Å². The van der Waals surface area contributed by atoms with E-state index in [1.54, 1.807) is 13.0 Å². The Hall–Kier alpha value is -3.29. The van der Waals surface area contributed by atoms with Crippen LogP contribution in [-0.2, 0) is 4.79 Å². The first-order valence-corrected chi connectivity index (χ1v) is 7.75. The summed E-state index contributed by atoms with van der Waals surface area (Å²) in [6, 6.07) is 7.33. The molecular formula is C17H18N6O2. The molecule has 0 spiro atoms. The second-order valence-corrected chi connectivity index (χ2v) is 5.60. The number of carbonyl (C=O) groups is 1. The summed E-state index contributed by atoms with van der Waals surface area (Å²) in [6.07, 6.45) is 3.59. The van der Waals surface area contributed by atoms with Gasteiger partial charge in [0.2, 0.25) is 0 Å². The van der Waals surface area contributed by atoms with Crippen LogP contribution >= 0.6 is 0 Å². The van der Waals surface area contributed by atoms with Crippen molar-refractivity contribution in [3.8, 4) is 11.6 Å². The highest BCUT2D eigenvalue weighted by Gasteiger charge is 2.16. The number of nitrogens with zero attached hydrogens (tertiary/aromatic N) is 5. The Balaban J connectivity index is 1.67. The summed E-state index contributed by atoms with van der Waals surface area (Å²) in [5, 5.41) is 6.70. The third-order valence-corrected chi connectivity index (χ3v) is 3.72. The van der Waals surface area contributed by atoms with Crippen molar-refractivity contribution in [3.63, 3.8) is 0 Å². The van der Waals surface area contributed by atoms with E-state index >= 15 is 0 Å². The molecule has 0 aliphatic carbocycles. The number of carbonyl (C=O) groups excluding carboxylic acids is 1. The van der Waals surface area contributed by atoms with Crippen molar-refractivity contribution in [2.24, 2.45) is 0 Å². The van der Waals surface area contributed by atoms with E-state index in [9.17, 15) is 4.79 Å². The van der Waals surface area contributed by atoms with E-state index in [-0.39, 0.29) is 5.91 Å². The smallest absolute Gasteiger partial charge is 0.266 e. The highest BCUT2D eigenvalue weighted by molar-refractivity contribution is 5.93. The van der Waals surface area contributed by atoms with E-state index in [4.69, 9.17) is 4.74 Å². The molecule has 3 aromatic rings. The Bertz CT molecular complexity index is 879. The third-order valence-electron chi connectivity index (χ3n) is 3.72. The van der Waals surface area contributed by atoms with Crippen LogP contribution in [0.1, 0.15) is 18.1 Å². The molecule has 1 unspecified atom stereocenters. The van der Waals surface area contributed by atoms with Gasteiger partial charge in [-0.2, -0.15) is 5.10 Å². The molecule has 1 atom stereocenters. The van der Waals surface area contributed by atoms with Crippen molar-refractivity contribution >= 4 is 11.7 Å². The number of aromatic nitrogens is 5. The highest BCUT2D eigenvalue weighted by Crippen LogP contribution is 2.18. The van der Waals surface area contributed by atoms with Gasteiger partial charge in [0.15, 0.2) is 11.9 Å². The van der Waals surface area contributed by atoms with Gasteiger partial charge in [-0.25, -0.2) is 19.6 Å². The van der Waals surface area contributed by atoms with E-state index in [1.165, 1.54) is 29.2 Å². The summed E-state index contributed by atoms with van der Waals surface area (Å²) < 4.78 is 7.18. The summed E-state index contributed by atoms with van der Waals surface area (Å²) in [6.45, 7) is 5.71. The zero-order chi connectivity index (χ0) is 17.8. The van der Waals surface area contributed by atoms with Gasteiger partial charge in [0, 0.05) is 6.07 Å². The van der Waals surface area contributed by atoms with Gasteiger partial charge >= 0.3 is 0 Å². The molecule has 2 heterocycles. The summed E-state index contributed by atoms with van der Waals surface area (Å²) >= 11 is 0. The molecule has 1 N–H and O–H groups in total. The molecule has 1 aromatic carbocycles. The lowest BCUT2D eigenvalue weighted by molar-refractivity contribution is -0.122. The van der Waals surface area contributed by atoms with Gasteiger partial charge in [-0.05, 0) is 44.0 Å². The quantitative estimate of drug-likeness (QED) is 0.765. The molecule has 0 aliphatic rings. The van der Waals surface area contributed by atoms with Crippen LogP contribution in [0.2, 0.25) is 0 Å². The maximum absolute atomic E-state index is 12.3. The third kappa shape index (κ3) is 3.97. The molecule has 25 heavy (non-hydrogen) atoms. The van der Waals surface area contributed by atoms with Gasteiger partial charge < -0.3 is 10.1 Å². The molecular weight excluding hydrogens is 320 g/mol. The molecule has 0 saturated carbocycles. The Morgan fingerprint density at radius 3 is 2.72 bits per heavy atom. The minimum absolute atomic E-state index is 0.304. The maximum atomic E-state index is 12.3. The number of ether oxygens (including phenoxy) is 1. The number of rotatable bonds is 5. The lowest BCUT2D eigenvalue weighted by atomic mass is 10.1. The van der Waals surface area contributed by atoms with Crippen LogP contribution in [0, 0.1) is 13.8 Å². The number of nitrogens with one attached hydrogen (secondary N) is 1. The summed E-state index contributed by atoms with van der Waals surface area (Å²) in [5.41, 5.74) is 2.28. The van der Waals surface area contributed by atoms with Crippen LogP contribution in [0.3, 0.4) is 0 Å². The van der Waals surface area contributed by atoms with Crippen LogP contribution in [0.5, 0.6) is 5.75 Å².